The fraction of sp³-hybridized carbons (Fsp3) is 0.333. The largest absolute Gasteiger partial charge is 0.542 e. The molecular formula is C6H6GeO6-2. The van der Waals surface area contributed by atoms with Crippen molar-refractivity contribution in [1.82, 2.24) is 0 Å². The second-order valence-electron chi connectivity index (χ2n) is 1.69. The van der Waals surface area contributed by atoms with Crippen LogP contribution in [0.1, 0.15) is 13.8 Å². The van der Waals surface area contributed by atoms with E-state index < -0.39 is 23.5 Å². The summed E-state index contributed by atoms with van der Waals surface area (Å²) in [5.74, 6) is -5.13. The molecular weight excluding hydrogens is 241 g/mol. The first-order chi connectivity index (χ1) is 5.29. The Morgan fingerprint density at radius 2 is 0.846 bits per heavy atom. The zero-order valence-electron chi connectivity index (χ0n) is 6.95. The summed E-state index contributed by atoms with van der Waals surface area (Å²) in [5.41, 5.74) is 0. The van der Waals surface area contributed by atoms with E-state index >= 15 is 0 Å². The van der Waals surface area contributed by atoms with Crippen LogP contribution in [0.5, 0.6) is 0 Å². The molecule has 0 spiro atoms. The Bertz CT molecular complexity index is 173. The molecule has 0 aromatic carbocycles. The third-order valence-corrected chi connectivity index (χ3v) is 0.575. The summed E-state index contributed by atoms with van der Waals surface area (Å²) in [6.45, 7) is 1.88. The molecule has 4 radical (unpaired) electrons. The monoisotopic (exact) mass is 248 g/mol. The molecule has 7 heteroatoms. The van der Waals surface area contributed by atoms with Gasteiger partial charge in [-0.15, -0.1) is 0 Å². The maximum Gasteiger partial charge on any atom is 0.175 e. The van der Waals surface area contributed by atoms with Crippen LogP contribution in [0.3, 0.4) is 0 Å². The van der Waals surface area contributed by atoms with Gasteiger partial charge in [0.15, 0.2) is 11.6 Å². The van der Waals surface area contributed by atoms with Crippen LogP contribution in [0.4, 0.5) is 0 Å². The van der Waals surface area contributed by atoms with Gasteiger partial charge in [0.2, 0.25) is 0 Å². The smallest absolute Gasteiger partial charge is 0.175 e. The van der Waals surface area contributed by atoms with E-state index in [1.54, 1.807) is 0 Å². The van der Waals surface area contributed by atoms with E-state index in [1.807, 2.05) is 0 Å². The van der Waals surface area contributed by atoms with Gasteiger partial charge in [-0.3, -0.25) is 9.59 Å². The van der Waals surface area contributed by atoms with E-state index in [0.29, 0.717) is 0 Å². The number of carbonyl (C=O) groups is 4. The van der Waals surface area contributed by atoms with Crippen LogP contribution in [0.25, 0.3) is 0 Å². The predicted molar refractivity (Wildman–Crippen MR) is 37.1 cm³/mol. The van der Waals surface area contributed by atoms with Crippen LogP contribution in [0, 0.1) is 0 Å². The molecule has 0 aliphatic carbocycles. The van der Waals surface area contributed by atoms with Gasteiger partial charge in [0.1, 0.15) is 11.9 Å². The number of carboxylic acids is 2. The number of carboxylic acid groups (broad SMARTS) is 2. The zero-order chi connectivity index (χ0) is 10.3. The third kappa shape index (κ3) is 18.1. The first-order valence-electron chi connectivity index (χ1n) is 2.72. The Hall–Kier alpha value is -1.18. The Morgan fingerprint density at radius 3 is 0.846 bits per heavy atom. The Labute approximate surface area is 84.9 Å². The third-order valence-electron chi connectivity index (χ3n) is 0.575. The van der Waals surface area contributed by atoms with Crippen LogP contribution in [-0.2, 0) is 19.2 Å². The number of rotatable bonds is 2. The summed E-state index contributed by atoms with van der Waals surface area (Å²) < 4.78 is 0. The average Bonchev–Trinajstić information content (AvgIpc) is 1.88. The molecule has 72 valence electrons. The maximum atomic E-state index is 9.48. The molecule has 0 aromatic heterocycles. The molecule has 0 unspecified atom stereocenters. The molecule has 13 heavy (non-hydrogen) atoms. The fourth-order valence-corrected chi connectivity index (χ4v) is 0. The second-order valence-corrected chi connectivity index (χ2v) is 1.69. The average molecular weight is 247 g/mol. The van der Waals surface area contributed by atoms with Crippen LogP contribution >= 0.6 is 0 Å². The van der Waals surface area contributed by atoms with Gasteiger partial charge in [0, 0.05) is 31.4 Å². The normalized spacial score (nSPS) is 6.92. The van der Waals surface area contributed by atoms with Crippen LogP contribution in [-0.4, -0.2) is 41.1 Å². The van der Waals surface area contributed by atoms with E-state index in [9.17, 15) is 29.4 Å². The topological polar surface area (TPSA) is 114 Å². The molecule has 0 atom stereocenters. The number of hydrogen-bond acceptors (Lipinski definition) is 6. The molecule has 0 saturated carbocycles. The van der Waals surface area contributed by atoms with Gasteiger partial charge in [0.05, 0.1) is 0 Å². The van der Waals surface area contributed by atoms with E-state index in [0.717, 1.165) is 13.8 Å². The van der Waals surface area contributed by atoms with Gasteiger partial charge < -0.3 is 19.8 Å². The molecule has 0 N–H and O–H groups in total. The summed E-state index contributed by atoms with van der Waals surface area (Å²) in [6, 6.07) is 0. The van der Waals surface area contributed by atoms with Crippen molar-refractivity contribution in [2.24, 2.45) is 0 Å². The first-order valence-corrected chi connectivity index (χ1v) is 2.72. The fourth-order valence-electron chi connectivity index (χ4n) is 0. The van der Waals surface area contributed by atoms with Crippen molar-refractivity contribution in [3.05, 3.63) is 0 Å². The van der Waals surface area contributed by atoms with Crippen LogP contribution < -0.4 is 10.2 Å². The van der Waals surface area contributed by atoms with Crippen molar-refractivity contribution in [3.63, 3.8) is 0 Å². The van der Waals surface area contributed by atoms with Gasteiger partial charge in [-0.1, -0.05) is 0 Å². The minimum absolute atomic E-state index is 0. The van der Waals surface area contributed by atoms with Crippen molar-refractivity contribution in [3.8, 4) is 0 Å². The molecule has 0 aliphatic rings. The molecule has 0 rings (SSSR count). The minimum atomic E-state index is -1.63. The summed E-state index contributed by atoms with van der Waals surface area (Å²) in [5, 5.41) is 18.5. The van der Waals surface area contributed by atoms with E-state index in [4.69, 9.17) is 0 Å². The van der Waals surface area contributed by atoms with Crippen LogP contribution in [0.2, 0.25) is 0 Å². The van der Waals surface area contributed by atoms with Crippen molar-refractivity contribution in [2.75, 3.05) is 0 Å². The summed E-state index contributed by atoms with van der Waals surface area (Å²) in [6.07, 6.45) is 0. The number of carbonyl (C=O) groups excluding carboxylic acids is 4. The van der Waals surface area contributed by atoms with E-state index in [-0.39, 0.29) is 17.6 Å². The van der Waals surface area contributed by atoms with Crippen molar-refractivity contribution in [2.45, 2.75) is 13.8 Å². The standard InChI is InChI=1S/2C3H4O3.Ge/c2*1-2(4)3(5)6;/h2*1H3,(H,5,6);/p-2. The van der Waals surface area contributed by atoms with Gasteiger partial charge in [-0.2, -0.15) is 0 Å². The molecule has 6 nitrogen and oxygen atoms in total. The Balaban J connectivity index is -0.000000143. The number of ketones is 2. The van der Waals surface area contributed by atoms with Crippen molar-refractivity contribution in [1.29, 1.82) is 0 Å². The van der Waals surface area contributed by atoms with Gasteiger partial charge in [0.25, 0.3) is 0 Å². The number of hydrogen-bond donors (Lipinski definition) is 0. The summed E-state index contributed by atoms with van der Waals surface area (Å²) in [7, 11) is 0. The minimum Gasteiger partial charge on any atom is -0.542 e. The summed E-state index contributed by atoms with van der Waals surface area (Å²) in [4.78, 5) is 37.4. The van der Waals surface area contributed by atoms with E-state index in [2.05, 4.69) is 0 Å². The van der Waals surface area contributed by atoms with Crippen LogP contribution in [0.15, 0.2) is 0 Å². The van der Waals surface area contributed by atoms with Gasteiger partial charge in [-0.25, -0.2) is 0 Å². The molecule has 0 amide bonds. The number of Topliss-reactive ketones (excluding diaryl/α,β-unsaturated/α-hetero) is 2. The maximum absolute atomic E-state index is 9.48. The van der Waals surface area contributed by atoms with Gasteiger partial charge in [-0.05, 0) is 0 Å². The summed E-state index contributed by atoms with van der Waals surface area (Å²) >= 11 is 0. The second kappa shape index (κ2) is 8.92. The van der Waals surface area contributed by atoms with Crippen molar-refractivity contribution < 1.29 is 29.4 Å². The van der Waals surface area contributed by atoms with Gasteiger partial charge >= 0.3 is 0 Å². The zero-order valence-corrected chi connectivity index (χ0v) is 9.05. The number of aliphatic carboxylic acids is 2. The molecule has 0 fully saturated rings. The molecule has 0 heterocycles. The molecule has 0 saturated heterocycles. The van der Waals surface area contributed by atoms with Crippen molar-refractivity contribution >= 4 is 41.1 Å². The predicted octanol–water partition coefficient (Wildman–Crippen LogP) is -3.73. The SMILES string of the molecule is CC(=O)C(=O)[O-].CC(=O)C(=O)[O-].[Ge]. The first kappa shape index (κ1) is 17.8. The Morgan fingerprint density at radius 1 is 0.769 bits per heavy atom. The molecule has 0 bridgehead atoms. The quantitative estimate of drug-likeness (QED) is 0.366. The molecule has 0 aromatic rings. The van der Waals surface area contributed by atoms with E-state index in [1.165, 1.54) is 0 Å². The molecule has 0 aliphatic heterocycles. The Kier molecular flexibility index (Phi) is 12.2.